The molecule has 0 saturated carbocycles. The van der Waals surface area contributed by atoms with Gasteiger partial charge in [0.1, 0.15) is 0 Å². The zero-order valence-electron chi connectivity index (χ0n) is 8.67. The van der Waals surface area contributed by atoms with Gasteiger partial charge in [-0.25, -0.2) is 0 Å². The molecule has 1 aromatic carbocycles. The van der Waals surface area contributed by atoms with Gasteiger partial charge in [-0.05, 0) is 28.1 Å². The Labute approximate surface area is 105 Å². The summed E-state index contributed by atoms with van der Waals surface area (Å²) in [6, 6.07) is 6.17. The minimum absolute atomic E-state index is 0.0524. The van der Waals surface area contributed by atoms with Gasteiger partial charge in [-0.1, -0.05) is 12.1 Å². The molecule has 94 valence electrons. The first-order valence-corrected chi connectivity index (χ1v) is 5.50. The SMILES string of the molecule is NCCN(C(=O)C(F)(F)F)c1ccccc1Br. The quantitative estimate of drug-likeness (QED) is 0.931. The lowest BCUT2D eigenvalue weighted by Gasteiger charge is -2.24. The number of alkyl halides is 3. The van der Waals surface area contributed by atoms with E-state index in [1.807, 2.05) is 0 Å². The fourth-order valence-electron chi connectivity index (χ4n) is 1.28. The third-order valence-electron chi connectivity index (χ3n) is 1.98. The molecule has 1 amide bonds. The summed E-state index contributed by atoms with van der Waals surface area (Å²) >= 11 is 3.10. The number of nitrogens with two attached hydrogens (primary N) is 1. The molecule has 0 spiro atoms. The van der Waals surface area contributed by atoms with Crippen LogP contribution in [0.5, 0.6) is 0 Å². The average Bonchev–Trinajstić information content (AvgIpc) is 2.25. The highest BCUT2D eigenvalue weighted by Crippen LogP contribution is 2.29. The van der Waals surface area contributed by atoms with E-state index in [9.17, 15) is 18.0 Å². The van der Waals surface area contributed by atoms with Crippen molar-refractivity contribution in [2.45, 2.75) is 6.18 Å². The van der Waals surface area contributed by atoms with Crippen molar-refractivity contribution in [3.05, 3.63) is 28.7 Å². The lowest BCUT2D eigenvalue weighted by atomic mass is 10.2. The molecule has 0 heterocycles. The molecule has 0 unspecified atom stereocenters. The predicted molar refractivity (Wildman–Crippen MR) is 61.6 cm³/mol. The zero-order chi connectivity index (χ0) is 13.1. The molecule has 0 atom stereocenters. The van der Waals surface area contributed by atoms with Gasteiger partial charge in [0.15, 0.2) is 0 Å². The van der Waals surface area contributed by atoms with Gasteiger partial charge < -0.3 is 10.6 Å². The lowest BCUT2D eigenvalue weighted by Crippen LogP contribution is -2.43. The van der Waals surface area contributed by atoms with Crippen LogP contribution < -0.4 is 10.6 Å². The van der Waals surface area contributed by atoms with Crippen molar-refractivity contribution < 1.29 is 18.0 Å². The van der Waals surface area contributed by atoms with E-state index < -0.39 is 12.1 Å². The summed E-state index contributed by atoms with van der Waals surface area (Å²) < 4.78 is 37.6. The molecule has 7 heteroatoms. The highest BCUT2D eigenvalue weighted by molar-refractivity contribution is 9.10. The minimum atomic E-state index is -4.91. The monoisotopic (exact) mass is 310 g/mol. The molecule has 0 aliphatic rings. The maximum absolute atomic E-state index is 12.4. The van der Waals surface area contributed by atoms with Gasteiger partial charge in [-0.15, -0.1) is 0 Å². The molecular weight excluding hydrogens is 301 g/mol. The molecule has 0 aromatic heterocycles. The second-order valence-electron chi connectivity index (χ2n) is 3.19. The van der Waals surface area contributed by atoms with Crippen molar-refractivity contribution in [1.29, 1.82) is 0 Å². The Balaban J connectivity index is 3.10. The Hall–Kier alpha value is -1.08. The summed E-state index contributed by atoms with van der Waals surface area (Å²) in [6.45, 7) is -0.246. The number of hydrogen-bond donors (Lipinski definition) is 1. The number of carbonyl (C=O) groups excluding carboxylic acids is 1. The summed E-state index contributed by atoms with van der Waals surface area (Å²) in [4.78, 5) is 11.8. The smallest absolute Gasteiger partial charge is 0.329 e. The molecule has 0 saturated heterocycles. The van der Waals surface area contributed by atoms with Crippen LogP contribution in [-0.2, 0) is 4.79 Å². The Morgan fingerprint density at radius 2 is 1.94 bits per heavy atom. The van der Waals surface area contributed by atoms with Crippen LogP contribution in [0.2, 0.25) is 0 Å². The second-order valence-corrected chi connectivity index (χ2v) is 4.05. The van der Waals surface area contributed by atoms with E-state index >= 15 is 0 Å². The molecule has 0 fully saturated rings. The van der Waals surface area contributed by atoms with Crippen molar-refractivity contribution in [3.63, 3.8) is 0 Å². The number of hydrogen-bond acceptors (Lipinski definition) is 2. The Morgan fingerprint density at radius 1 is 1.35 bits per heavy atom. The second kappa shape index (κ2) is 5.50. The molecule has 0 radical (unpaired) electrons. The largest absolute Gasteiger partial charge is 0.471 e. The van der Waals surface area contributed by atoms with Crippen molar-refractivity contribution in [3.8, 4) is 0 Å². The minimum Gasteiger partial charge on any atom is -0.329 e. The molecule has 1 rings (SSSR count). The van der Waals surface area contributed by atoms with Crippen LogP contribution in [0.1, 0.15) is 0 Å². The predicted octanol–water partition coefficient (Wildman–Crippen LogP) is 2.30. The van der Waals surface area contributed by atoms with Crippen LogP contribution >= 0.6 is 15.9 Å². The summed E-state index contributed by atoms with van der Waals surface area (Å²) in [5.74, 6) is -1.92. The first-order valence-electron chi connectivity index (χ1n) is 4.71. The fourth-order valence-corrected chi connectivity index (χ4v) is 1.78. The van der Waals surface area contributed by atoms with Crippen molar-refractivity contribution in [2.24, 2.45) is 5.73 Å². The average molecular weight is 311 g/mol. The van der Waals surface area contributed by atoms with Crippen LogP contribution in [0.15, 0.2) is 28.7 Å². The number of nitrogens with zero attached hydrogens (tertiary/aromatic N) is 1. The molecule has 0 aliphatic carbocycles. The van der Waals surface area contributed by atoms with Crippen LogP contribution in [0.25, 0.3) is 0 Å². The summed E-state index contributed by atoms with van der Waals surface area (Å²) in [7, 11) is 0. The molecule has 17 heavy (non-hydrogen) atoms. The van der Waals surface area contributed by atoms with E-state index in [0.29, 0.717) is 9.37 Å². The van der Waals surface area contributed by atoms with Crippen LogP contribution in [0.4, 0.5) is 18.9 Å². The summed E-state index contributed by atoms with van der Waals surface area (Å²) in [5, 5.41) is 0. The zero-order valence-corrected chi connectivity index (χ0v) is 10.3. The molecular formula is C10H10BrF3N2O. The van der Waals surface area contributed by atoms with Gasteiger partial charge >= 0.3 is 12.1 Å². The van der Waals surface area contributed by atoms with Gasteiger partial charge in [0.25, 0.3) is 0 Å². The van der Waals surface area contributed by atoms with Gasteiger partial charge in [-0.3, -0.25) is 4.79 Å². The third kappa shape index (κ3) is 3.44. The Kier molecular flexibility index (Phi) is 4.53. The summed E-state index contributed by atoms with van der Waals surface area (Å²) in [5.41, 5.74) is 5.37. The topological polar surface area (TPSA) is 46.3 Å². The molecule has 2 N–H and O–H groups in total. The van der Waals surface area contributed by atoms with E-state index in [1.54, 1.807) is 18.2 Å². The highest BCUT2D eigenvalue weighted by atomic mass is 79.9. The molecule has 0 bridgehead atoms. The first-order chi connectivity index (χ1) is 7.88. The normalized spacial score (nSPS) is 11.4. The lowest BCUT2D eigenvalue weighted by molar-refractivity contribution is -0.170. The van der Waals surface area contributed by atoms with E-state index in [2.05, 4.69) is 15.9 Å². The van der Waals surface area contributed by atoms with Gasteiger partial charge in [0.2, 0.25) is 0 Å². The number of rotatable bonds is 3. The molecule has 1 aromatic rings. The Bertz CT molecular complexity index is 409. The van der Waals surface area contributed by atoms with Gasteiger partial charge in [0.05, 0.1) is 5.69 Å². The van der Waals surface area contributed by atoms with Crippen molar-refractivity contribution in [2.75, 3.05) is 18.0 Å². The number of carbonyl (C=O) groups is 1. The first kappa shape index (κ1) is 14.0. The van der Waals surface area contributed by atoms with Gasteiger partial charge in [-0.2, -0.15) is 13.2 Å². The maximum atomic E-state index is 12.4. The van der Waals surface area contributed by atoms with Crippen molar-refractivity contribution in [1.82, 2.24) is 0 Å². The van der Waals surface area contributed by atoms with Crippen molar-refractivity contribution >= 4 is 27.5 Å². The number of benzene rings is 1. The third-order valence-corrected chi connectivity index (χ3v) is 2.65. The van der Waals surface area contributed by atoms with Crippen LogP contribution in [-0.4, -0.2) is 25.2 Å². The molecule has 0 aliphatic heterocycles. The van der Waals surface area contributed by atoms with Crippen LogP contribution in [0, 0.1) is 0 Å². The van der Waals surface area contributed by atoms with E-state index in [1.165, 1.54) is 6.07 Å². The number of para-hydroxylation sites is 1. The molecule has 3 nitrogen and oxygen atoms in total. The maximum Gasteiger partial charge on any atom is 0.471 e. The fraction of sp³-hybridized carbons (Fsp3) is 0.300. The standard InChI is InChI=1S/C10H10BrF3N2O/c11-7-3-1-2-4-8(7)16(6-5-15)9(17)10(12,13)14/h1-4H,5-6,15H2. The Morgan fingerprint density at radius 3 is 2.41 bits per heavy atom. The van der Waals surface area contributed by atoms with E-state index in [-0.39, 0.29) is 18.8 Å². The number of anilines is 1. The van der Waals surface area contributed by atoms with Gasteiger partial charge in [0, 0.05) is 17.6 Å². The van der Waals surface area contributed by atoms with E-state index in [0.717, 1.165) is 0 Å². The number of halogens is 4. The summed E-state index contributed by atoms with van der Waals surface area (Å²) in [6.07, 6.45) is -4.91. The van der Waals surface area contributed by atoms with E-state index in [4.69, 9.17) is 5.73 Å². The highest BCUT2D eigenvalue weighted by Gasteiger charge is 2.43. The number of amides is 1. The van der Waals surface area contributed by atoms with Crippen LogP contribution in [0.3, 0.4) is 0 Å².